The first kappa shape index (κ1) is 19.1. The Hall–Kier alpha value is -3.23. The van der Waals surface area contributed by atoms with E-state index in [0.717, 1.165) is 18.2 Å². The number of hydrogen-bond donors (Lipinski definition) is 2. The van der Waals surface area contributed by atoms with Crippen molar-refractivity contribution in [3.8, 4) is 11.5 Å². The monoisotopic (exact) mass is 369 g/mol. The quantitative estimate of drug-likeness (QED) is 0.791. The van der Waals surface area contributed by atoms with E-state index in [0.29, 0.717) is 5.75 Å². The third-order valence-corrected chi connectivity index (χ3v) is 3.23. The van der Waals surface area contributed by atoms with Crippen LogP contribution in [-0.4, -0.2) is 30.7 Å². The van der Waals surface area contributed by atoms with Crippen LogP contribution in [0.15, 0.2) is 42.5 Å². The van der Waals surface area contributed by atoms with Gasteiger partial charge in [-0.05, 0) is 30.3 Å². The minimum absolute atomic E-state index is 0.0897. The third kappa shape index (κ3) is 4.88. The Morgan fingerprint density at radius 3 is 2.50 bits per heavy atom. The minimum atomic E-state index is -4.54. The zero-order valence-electron chi connectivity index (χ0n) is 13.5. The normalized spacial score (nSPS) is 10.9. The maximum Gasteiger partial charge on any atom is 0.416 e. The van der Waals surface area contributed by atoms with Gasteiger partial charge in [0.25, 0.3) is 5.91 Å². The maximum atomic E-state index is 12.6. The number of phenolic OH excluding ortho intramolecular Hbond substituents is 1. The Morgan fingerprint density at radius 1 is 1.15 bits per heavy atom. The Morgan fingerprint density at radius 2 is 1.88 bits per heavy atom. The Kier molecular flexibility index (Phi) is 5.71. The Labute approximate surface area is 146 Å². The Balaban J connectivity index is 1.96. The van der Waals surface area contributed by atoms with Crippen LogP contribution in [0.2, 0.25) is 0 Å². The first-order valence-electron chi connectivity index (χ1n) is 7.22. The SMILES string of the molecule is COc1ccc(C(=O)OCC(=O)Nc2cccc(C(F)(F)F)c2)c(O)c1. The van der Waals surface area contributed by atoms with E-state index in [1.54, 1.807) is 0 Å². The molecule has 0 spiro atoms. The first-order valence-corrected chi connectivity index (χ1v) is 7.22. The molecule has 0 aliphatic rings. The number of methoxy groups -OCH3 is 1. The molecule has 26 heavy (non-hydrogen) atoms. The number of halogens is 3. The van der Waals surface area contributed by atoms with Crippen molar-refractivity contribution in [1.29, 1.82) is 0 Å². The summed E-state index contributed by atoms with van der Waals surface area (Å²) >= 11 is 0. The van der Waals surface area contributed by atoms with Crippen LogP contribution in [0, 0.1) is 0 Å². The molecule has 0 heterocycles. The summed E-state index contributed by atoms with van der Waals surface area (Å²) in [5, 5.41) is 11.9. The highest BCUT2D eigenvalue weighted by Crippen LogP contribution is 2.30. The van der Waals surface area contributed by atoms with Crippen molar-refractivity contribution in [2.45, 2.75) is 6.18 Å². The van der Waals surface area contributed by atoms with Crippen molar-refractivity contribution in [2.24, 2.45) is 0 Å². The summed E-state index contributed by atoms with van der Waals surface area (Å²) < 4.78 is 47.5. The zero-order chi connectivity index (χ0) is 19.3. The molecule has 0 fully saturated rings. The van der Waals surface area contributed by atoms with E-state index >= 15 is 0 Å². The highest BCUT2D eigenvalue weighted by molar-refractivity contribution is 5.96. The summed E-state index contributed by atoms with van der Waals surface area (Å²) in [5.74, 6) is -1.87. The number of esters is 1. The molecule has 0 radical (unpaired) electrons. The second-order valence-electron chi connectivity index (χ2n) is 5.09. The van der Waals surface area contributed by atoms with Crippen molar-refractivity contribution in [3.63, 3.8) is 0 Å². The van der Waals surface area contributed by atoms with Gasteiger partial charge in [-0.3, -0.25) is 4.79 Å². The summed E-state index contributed by atoms with van der Waals surface area (Å²) in [7, 11) is 1.38. The molecule has 2 N–H and O–H groups in total. The summed E-state index contributed by atoms with van der Waals surface area (Å²) in [6, 6.07) is 7.89. The van der Waals surface area contributed by atoms with Crippen LogP contribution >= 0.6 is 0 Å². The van der Waals surface area contributed by atoms with Crippen molar-refractivity contribution in [3.05, 3.63) is 53.6 Å². The molecule has 0 aliphatic carbocycles. The van der Waals surface area contributed by atoms with E-state index in [4.69, 9.17) is 9.47 Å². The highest BCUT2D eigenvalue weighted by Gasteiger charge is 2.30. The van der Waals surface area contributed by atoms with Gasteiger partial charge < -0.3 is 19.9 Å². The number of benzene rings is 2. The number of carbonyl (C=O) groups is 2. The van der Waals surface area contributed by atoms with E-state index in [2.05, 4.69) is 5.32 Å². The number of rotatable bonds is 5. The fourth-order valence-corrected chi connectivity index (χ4v) is 1.99. The summed E-state index contributed by atoms with van der Waals surface area (Å²) in [6.45, 7) is -0.736. The molecule has 0 atom stereocenters. The third-order valence-electron chi connectivity index (χ3n) is 3.23. The average molecular weight is 369 g/mol. The molecule has 2 aromatic rings. The Bertz CT molecular complexity index is 820. The predicted molar refractivity (Wildman–Crippen MR) is 85.0 cm³/mol. The summed E-state index contributed by atoms with van der Waals surface area (Å²) in [4.78, 5) is 23.6. The van der Waals surface area contributed by atoms with Gasteiger partial charge in [-0.25, -0.2) is 4.79 Å². The van der Waals surface area contributed by atoms with Gasteiger partial charge in [-0.1, -0.05) is 6.07 Å². The predicted octanol–water partition coefficient (Wildman–Crippen LogP) is 3.22. The zero-order valence-corrected chi connectivity index (χ0v) is 13.5. The lowest BCUT2D eigenvalue weighted by atomic mass is 10.2. The van der Waals surface area contributed by atoms with Gasteiger partial charge in [0, 0.05) is 11.8 Å². The van der Waals surface area contributed by atoms with Crippen LogP contribution in [-0.2, 0) is 15.7 Å². The number of anilines is 1. The molecule has 6 nitrogen and oxygen atoms in total. The van der Waals surface area contributed by atoms with Gasteiger partial charge in [0.15, 0.2) is 6.61 Å². The van der Waals surface area contributed by atoms with Crippen molar-refractivity contribution in [2.75, 3.05) is 19.0 Å². The van der Waals surface area contributed by atoms with E-state index < -0.39 is 36.0 Å². The van der Waals surface area contributed by atoms with Crippen LogP contribution < -0.4 is 10.1 Å². The minimum Gasteiger partial charge on any atom is -0.507 e. The molecule has 0 saturated heterocycles. The largest absolute Gasteiger partial charge is 0.507 e. The second-order valence-corrected chi connectivity index (χ2v) is 5.09. The molecular weight excluding hydrogens is 355 g/mol. The molecule has 0 aliphatic heterocycles. The van der Waals surface area contributed by atoms with E-state index in [9.17, 15) is 27.9 Å². The number of ether oxygens (including phenoxy) is 2. The van der Waals surface area contributed by atoms with Crippen LogP contribution in [0.5, 0.6) is 11.5 Å². The molecule has 1 amide bonds. The second kappa shape index (κ2) is 7.77. The summed E-state index contributed by atoms with van der Waals surface area (Å²) in [6.07, 6.45) is -4.54. The number of amides is 1. The smallest absolute Gasteiger partial charge is 0.416 e. The van der Waals surface area contributed by atoms with Gasteiger partial charge in [-0.2, -0.15) is 13.2 Å². The number of aromatic hydroxyl groups is 1. The average Bonchev–Trinajstić information content (AvgIpc) is 2.59. The number of carbonyl (C=O) groups excluding carboxylic acids is 2. The molecule has 2 rings (SSSR count). The van der Waals surface area contributed by atoms with Gasteiger partial charge in [0.05, 0.1) is 12.7 Å². The summed E-state index contributed by atoms with van der Waals surface area (Å²) in [5.41, 5.74) is -1.19. The van der Waals surface area contributed by atoms with Gasteiger partial charge in [-0.15, -0.1) is 0 Å². The van der Waals surface area contributed by atoms with E-state index in [-0.39, 0.29) is 11.3 Å². The topological polar surface area (TPSA) is 84.9 Å². The van der Waals surface area contributed by atoms with Crippen molar-refractivity contribution in [1.82, 2.24) is 0 Å². The van der Waals surface area contributed by atoms with E-state index in [1.165, 1.54) is 31.4 Å². The first-order chi connectivity index (χ1) is 12.2. The molecule has 0 aromatic heterocycles. The number of phenols is 1. The maximum absolute atomic E-state index is 12.6. The molecule has 0 bridgehead atoms. The number of alkyl halides is 3. The lowest BCUT2D eigenvalue weighted by Gasteiger charge is -2.10. The number of nitrogens with one attached hydrogen (secondary N) is 1. The van der Waals surface area contributed by atoms with E-state index in [1.807, 2.05) is 0 Å². The lowest BCUT2D eigenvalue weighted by Crippen LogP contribution is -2.21. The van der Waals surface area contributed by atoms with Crippen LogP contribution in [0.25, 0.3) is 0 Å². The van der Waals surface area contributed by atoms with Crippen LogP contribution in [0.3, 0.4) is 0 Å². The molecule has 0 unspecified atom stereocenters. The lowest BCUT2D eigenvalue weighted by molar-refractivity contribution is -0.137. The van der Waals surface area contributed by atoms with Crippen LogP contribution in [0.4, 0.5) is 18.9 Å². The highest BCUT2D eigenvalue weighted by atomic mass is 19.4. The molecule has 2 aromatic carbocycles. The molecule has 9 heteroatoms. The number of hydrogen-bond acceptors (Lipinski definition) is 5. The molecule has 138 valence electrons. The van der Waals surface area contributed by atoms with Crippen molar-refractivity contribution < 1.29 is 37.3 Å². The molecule has 0 saturated carbocycles. The van der Waals surface area contributed by atoms with Gasteiger partial charge in [0.2, 0.25) is 0 Å². The standard InChI is InChI=1S/C17H14F3NO5/c1-25-12-5-6-13(14(22)8-12)16(24)26-9-15(23)21-11-4-2-3-10(7-11)17(18,19)20/h2-8,22H,9H2,1H3,(H,21,23). The fourth-order valence-electron chi connectivity index (χ4n) is 1.99. The van der Waals surface area contributed by atoms with Gasteiger partial charge in [0.1, 0.15) is 17.1 Å². The molecular formula is C17H14F3NO5. The van der Waals surface area contributed by atoms with Crippen LogP contribution in [0.1, 0.15) is 15.9 Å². The van der Waals surface area contributed by atoms with Gasteiger partial charge >= 0.3 is 12.1 Å². The van der Waals surface area contributed by atoms with Crippen molar-refractivity contribution >= 4 is 17.6 Å². The fraction of sp³-hybridized carbons (Fsp3) is 0.176.